The molecule has 5 amide bonds. The summed E-state index contributed by atoms with van der Waals surface area (Å²) in [7, 11) is 5.49. The van der Waals surface area contributed by atoms with Crippen molar-refractivity contribution in [2.45, 2.75) is 123 Å². The minimum atomic E-state index is -1.06. The maximum absolute atomic E-state index is 15.1. The number of nitrogens with zero attached hydrogens (tertiary/aromatic N) is 8. The number of thiol groups is 1. The second-order valence-corrected chi connectivity index (χ2v) is 25.2. The number of esters is 1. The molecule has 0 radical (unpaired) electrons. The summed E-state index contributed by atoms with van der Waals surface area (Å²) in [6.07, 6.45) is 12.4. The summed E-state index contributed by atoms with van der Waals surface area (Å²) in [6.45, 7) is 22.3. The average molecular weight is 1100 g/mol. The van der Waals surface area contributed by atoms with Crippen molar-refractivity contribution < 1.29 is 33.4 Å². The third-order valence-electron chi connectivity index (χ3n) is 17.5. The van der Waals surface area contributed by atoms with E-state index in [1.165, 1.54) is 50.8 Å². The highest BCUT2D eigenvalue weighted by atomic mass is 32.2. The van der Waals surface area contributed by atoms with Gasteiger partial charge in [-0.15, -0.1) is 11.8 Å². The maximum Gasteiger partial charge on any atom is 0.320 e. The lowest BCUT2D eigenvalue weighted by Crippen LogP contribution is -2.69. The smallest absolute Gasteiger partial charge is 0.320 e. The van der Waals surface area contributed by atoms with Crippen molar-refractivity contribution >= 4 is 60.2 Å². The molecule has 0 saturated carbocycles. The molecule has 2 spiro atoms. The number of thioether (sulfide) groups is 1. The van der Waals surface area contributed by atoms with Crippen molar-refractivity contribution in [1.82, 2.24) is 44.4 Å². The molecule has 2 unspecified atom stereocenters. The van der Waals surface area contributed by atoms with Gasteiger partial charge >= 0.3 is 12.0 Å². The fourth-order valence-electron chi connectivity index (χ4n) is 13.0. The number of fused-ring (bicyclic) bond motifs is 3. The number of piperidine rings is 1. The number of rotatable bonds is 10. The number of nitrogens with one attached hydrogen (secondary N) is 1. The highest BCUT2D eigenvalue weighted by molar-refractivity contribution is 8.01. The summed E-state index contributed by atoms with van der Waals surface area (Å²) < 4.78 is 14.5. The van der Waals surface area contributed by atoms with Crippen molar-refractivity contribution in [3.63, 3.8) is 0 Å². The number of hydrogen-bond acceptors (Lipinski definition) is 13. The highest BCUT2D eigenvalue weighted by Crippen LogP contribution is 2.49. The van der Waals surface area contributed by atoms with Crippen LogP contribution in [-0.4, -0.2) is 184 Å². The summed E-state index contributed by atoms with van der Waals surface area (Å²) in [5.74, 6) is 6.67. The van der Waals surface area contributed by atoms with Crippen LogP contribution in [0, 0.1) is 22.7 Å². The molecule has 7 heterocycles. The lowest BCUT2D eigenvalue weighted by atomic mass is 9.78. The second-order valence-electron chi connectivity index (χ2n) is 23.7. The van der Waals surface area contributed by atoms with Crippen molar-refractivity contribution in [1.29, 1.82) is 0 Å². The molecule has 19 heteroatoms. The Balaban J connectivity index is 1.08. The molecular formula is C58H86N10O7S2. The fourth-order valence-corrected chi connectivity index (χ4v) is 14.7. The van der Waals surface area contributed by atoms with E-state index in [2.05, 4.69) is 91.9 Å². The molecule has 3 saturated heterocycles. The minimum Gasteiger partial charge on any atom is -0.465 e. The molecule has 0 aromatic carbocycles. The first-order chi connectivity index (χ1) is 36.7. The number of methoxy groups -OCH3 is 1. The Labute approximate surface area is 467 Å². The van der Waals surface area contributed by atoms with Gasteiger partial charge in [-0.3, -0.25) is 39.0 Å². The van der Waals surface area contributed by atoms with Gasteiger partial charge in [0.15, 0.2) is 0 Å². The van der Waals surface area contributed by atoms with Gasteiger partial charge in [-0.1, -0.05) is 47.3 Å². The van der Waals surface area contributed by atoms with Gasteiger partial charge in [-0.25, -0.2) is 10.6 Å². The molecule has 4 bridgehead atoms. The van der Waals surface area contributed by atoms with E-state index in [9.17, 15) is 19.2 Å². The molecule has 1 aliphatic carbocycles. The van der Waals surface area contributed by atoms with Crippen LogP contribution in [-0.2, 0) is 48.0 Å². The normalized spacial score (nSPS) is 26.0. The summed E-state index contributed by atoms with van der Waals surface area (Å²) in [5.41, 5.74) is 7.36. The zero-order valence-electron chi connectivity index (χ0n) is 47.3. The molecular weight excluding hydrogens is 1010 g/mol. The van der Waals surface area contributed by atoms with Crippen molar-refractivity contribution in [2.75, 3.05) is 98.2 Å². The standard InChI is InChI=1S/C58H86N10O7S2/c1-11-47(69)66-28-27-62(8)57(34-66)20-25-65(26-21-57)55(73)63(9)50(38(3)4)52(71)61-53-58(37-77-53)35-64-23-16-17-40(32-64)42-30-43-44(31-56(6,7)36-75-48(70)19-13-14-24-68(59)54(58)72)51(67(12-2)45(43)29-39(42)5)41-18-15-22-60-49(41)46(33-76)74-10/h11,15,17-18,22,30,38-39,46,50,53,76H,1,12-14,16,19-21,23-29,31-37,59H2,2-10H3,(H,61,71)/t39?,46-,50-,53+,58-/m0/s1. The molecule has 422 valence electrons. The van der Waals surface area contributed by atoms with Crippen LogP contribution >= 0.6 is 24.4 Å². The van der Waals surface area contributed by atoms with E-state index in [0.29, 0.717) is 82.9 Å². The zero-order valence-corrected chi connectivity index (χ0v) is 49.0. The van der Waals surface area contributed by atoms with Crippen LogP contribution in [0.1, 0.15) is 109 Å². The lowest BCUT2D eigenvalue weighted by Gasteiger charge is -2.53. The number of carbonyl (C=O) groups is 5. The first-order valence-corrected chi connectivity index (χ1v) is 29.6. The van der Waals surface area contributed by atoms with Crippen LogP contribution in [0.3, 0.4) is 0 Å². The van der Waals surface area contributed by atoms with Crippen LogP contribution in [0.2, 0.25) is 0 Å². The second kappa shape index (κ2) is 24.4. The number of nitrogens with two attached hydrogens (primary N) is 1. The van der Waals surface area contributed by atoms with Gasteiger partial charge < -0.3 is 34.1 Å². The topological polar surface area (TPSA) is 179 Å². The summed E-state index contributed by atoms with van der Waals surface area (Å²) in [5, 5.41) is 3.99. The number of piperazine rings is 1. The Bertz CT molecular complexity index is 2600. The number of likely N-dealkylation sites (tertiary alicyclic amines) is 1. The number of amides is 5. The maximum atomic E-state index is 15.1. The summed E-state index contributed by atoms with van der Waals surface area (Å²) in [6, 6.07) is 3.09. The predicted molar refractivity (Wildman–Crippen MR) is 307 cm³/mol. The van der Waals surface area contributed by atoms with E-state index in [4.69, 9.17) is 20.3 Å². The first kappa shape index (κ1) is 58.5. The van der Waals surface area contributed by atoms with Crippen molar-refractivity contribution in [3.8, 4) is 11.3 Å². The summed E-state index contributed by atoms with van der Waals surface area (Å²) >= 11 is 6.20. The van der Waals surface area contributed by atoms with Crippen molar-refractivity contribution in [2.24, 2.45) is 28.5 Å². The molecule has 3 N–H and O–H groups in total. The Kier molecular flexibility index (Phi) is 18.5. The third-order valence-corrected chi connectivity index (χ3v) is 19.4. The Morgan fingerprint density at radius 2 is 1.84 bits per heavy atom. The number of hydrazine groups is 1. The van der Waals surface area contributed by atoms with Gasteiger partial charge in [0.2, 0.25) is 17.7 Å². The minimum absolute atomic E-state index is 0.0769. The number of aromatic nitrogens is 2. The molecule has 2 aromatic rings. The highest BCUT2D eigenvalue weighted by Gasteiger charge is 2.57. The molecule has 6 aliphatic rings. The van der Waals surface area contributed by atoms with Gasteiger partial charge in [-0.2, -0.15) is 12.6 Å². The monoisotopic (exact) mass is 1100 g/mol. The van der Waals surface area contributed by atoms with E-state index in [1.807, 2.05) is 35.9 Å². The lowest BCUT2D eigenvalue weighted by molar-refractivity contribution is -0.146. The number of ether oxygens (including phenoxy) is 2. The largest absolute Gasteiger partial charge is 0.465 e. The number of cyclic esters (lactones) is 1. The van der Waals surface area contributed by atoms with Crippen LogP contribution in [0.4, 0.5) is 4.79 Å². The number of hydrogen-bond donors (Lipinski definition) is 3. The van der Waals surface area contributed by atoms with E-state index >= 15 is 4.79 Å². The molecule has 17 nitrogen and oxygen atoms in total. The van der Waals surface area contributed by atoms with Crippen molar-refractivity contribution in [3.05, 3.63) is 70.7 Å². The molecule has 2 aromatic heterocycles. The van der Waals surface area contributed by atoms with Gasteiger partial charge in [0, 0.05) is 126 Å². The summed E-state index contributed by atoms with van der Waals surface area (Å²) in [4.78, 5) is 85.1. The number of pyridine rings is 1. The number of likely N-dealkylation sites (N-methyl/N-ethyl adjacent to an activating group) is 2. The van der Waals surface area contributed by atoms with Gasteiger partial charge in [0.1, 0.15) is 17.6 Å². The van der Waals surface area contributed by atoms with Gasteiger partial charge in [0.25, 0.3) is 0 Å². The van der Waals surface area contributed by atoms with E-state index in [-0.39, 0.29) is 72.8 Å². The quantitative estimate of drug-likeness (QED) is 0.0782. The molecule has 8 rings (SSSR count). The average Bonchev–Trinajstić information content (AvgIpc) is 3.83. The van der Waals surface area contributed by atoms with Crippen LogP contribution in [0.5, 0.6) is 0 Å². The third kappa shape index (κ3) is 12.0. The molecule has 3 fully saturated rings. The van der Waals surface area contributed by atoms with Gasteiger partial charge in [0.05, 0.1) is 23.4 Å². The van der Waals surface area contributed by atoms with Crippen LogP contribution in [0.15, 0.2) is 48.2 Å². The van der Waals surface area contributed by atoms with E-state index in [0.717, 1.165) is 49.4 Å². The predicted octanol–water partition coefficient (Wildman–Crippen LogP) is 6.44. The number of urea groups is 1. The zero-order chi connectivity index (χ0) is 55.6. The number of carbonyl (C=O) groups excluding carboxylic acids is 5. The van der Waals surface area contributed by atoms with Crippen LogP contribution in [0.25, 0.3) is 17.3 Å². The fraction of sp³-hybridized carbons (Fsp3) is 0.655. The Hall–Kier alpha value is -4.66. The van der Waals surface area contributed by atoms with E-state index in [1.54, 1.807) is 19.1 Å². The van der Waals surface area contributed by atoms with E-state index < -0.39 is 22.2 Å². The first-order valence-electron chi connectivity index (χ1n) is 28.0. The SMILES string of the molecule is C=CC(=O)N1CCN(C)C2(CCN(C(=O)N(C)[C@H](C(=O)N[C@@H]3SC[C@@]34CN3CCC=C(C3)C3=Cc5c(c(-c6cccnc6[C@H](CS)OC)n(CC)c5CC3C)CC(C)(C)COC(=O)CCCCN(N)C4=O)C(C)C)CC2)C1. The van der Waals surface area contributed by atoms with Gasteiger partial charge in [-0.05, 0) is 117 Å². The molecule has 77 heavy (non-hydrogen) atoms. The van der Waals surface area contributed by atoms with Crippen LogP contribution < -0.4 is 11.2 Å². The molecule has 5 aliphatic heterocycles. The Morgan fingerprint density at radius 3 is 2.51 bits per heavy atom. The molecule has 6 atom stereocenters. The Morgan fingerprint density at radius 1 is 1.09 bits per heavy atom.